The predicted molar refractivity (Wildman–Crippen MR) is 63.0 cm³/mol. The van der Waals surface area contributed by atoms with Crippen molar-refractivity contribution in [3.8, 4) is 0 Å². The Kier molecular flexibility index (Phi) is 6.17. The van der Waals surface area contributed by atoms with E-state index in [-0.39, 0.29) is 6.42 Å². The van der Waals surface area contributed by atoms with Gasteiger partial charge in [0.15, 0.2) is 6.10 Å². The van der Waals surface area contributed by atoms with Crippen LogP contribution < -0.4 is 0 Å². The molecule has 0 heterocycles. The lowest BCUT2D eigenvalue weighted by Crippen LogP contribution is -2.42. The summed E-state index contributed by atoms with van der Waals surface area (Å²) < 4.78 is 13.8. The summed E-state index contributed by atoms with van der Waals surface area (Å²) in [6.07, 6.45) is -1.67. The number of Topliss-reactive ketones (excluding diaryl/α,β-unsaturated/α-hetero) is 1. The lowest BCUT2D eigenvalue weighted by atomic mass is 9.80. The molecule has 0 fully saturated rings. The van der Waals surface area contributed by atoms with E-state index in [9.17, 15) is 19.2 Å². The summed E-state index contributed by atoms with van der Waals surface area (Å²) in [6, 6.07) is 0. The first-order valence-corrected chi connectivity index (χ1v) is 5.53. The molecule has 7 nitrogen and oxygen atoms in total. The molecule has 0 rings (SSSR count). The fourth-order valence-corrected chi connectivity index (χ4v) is 1.47. The number of hydrogen-bond acceptors (Lipinski definition) is 7. The van der Waals surface area contributed by atoms with E-state index >= 15 is 0 Å². The van der Waals surface area contributed by atoms with E-state index in [0.717, 1.165) is 21.1 Å². The van der Waals surface area contributed by atoms with Crippen LogP contribution in [-0.4, -0.2) is 44.0 Å². The zero-order valence-electron chi connectivity index (χ0n) is 11.6. The molecule has 0 aliphatic heterocycles. The molecule has 0 aromatic rings. The summed E-state index contributed by atoms with van der Waals surface area (Å²) in [4.78, 5) is 45.7. The maximum atomic E-state index is 11.7. The number of methoxy groups -OCH3 is 2. The molecule has 0 amide bonds. The second-order valence-electron chi connectivity index (χ2n) is 4.21. The summed E-state index contributed by atoms with van der Waals surface area (Å²) >= 11 is 0. The smallest absolute Gasteiger partial charge is 0.347 e. The van der Waals surface area contributed by atoms with Crippen molar-refractivity contribution in [1.29, 1.82) is 0 Å². The van der Waals surface area contributed by atoms with E-state index in [2.05, 4.69) is 9.47 Å². The van der Waals surface area contributed by atoms with Crippen LogP contribution in [0, 0.1) is 5.41 Å². The Morgan fingerprint density at radius 3 is 1.89 bits per heavy atom. The van der Waals surface area contributed by atoms with E-state index in [4.69, 9.17) is 4.74 Å². The third-order valence-corrected chi connectivity index (χ3v) is 2.78. The van der Waals surface area contributed by atoms with Gasteiger partial charge in [0.1, 0.15) is 11.2 Å². The lowest BCUT2D eigenvalue weighted by molar-refractivity contribution is -0.171. The minimum absolute atomic E-state index is 0.332. The number of rotatable bonds is 6. The van der Waals surface area contributed by atoms with Gasteiger partial charge in [0, 0.05) is 13.3 Å². The molecule has 0 aromatic carbocycles. The van der Waals surface area contributed by atoms with Crippen molar-refractivity contribution in [3.63, 3.8) is 0 Å². The van der Waals surface area contributed by atoms with Crippen LogP contribution in [-0.2, 0) is 33.4 Å². The molecule has 0 radical (unpaired) electrons. The van der Waals surface area contributed by atoms with Crippen molar-refractivity contribution in [2.45, 2.75) is 33.3 Å². The van der Waals surface area contributed by atoms with Crippen LogP contribution in [0.2, 0.25) is 0 Å². The second-order valence-corrected chi connectivity index (χ2v) is 4.21. The highest BCUT2D eigenvalue weighted by Crippen LogP contribution is 2.28. The molecule has 0 saturated heterocycles. The van der Waals surface area contributed by atoms with Gasteiger partial charge in [-0.2, -0.15) is 0 Å². The van der Waals surface area contributed by atoms with Crippen molar-refractivity contribution in [3.05, 3.63) is 0 Å². The third kappa shape index (κ3) is 4.35. The summed E-state index contributed by atoms with van der Waals surface area (Å²) in [5.74, 6) is -2.86. The van der Waals surface area contributed by atoms with Gasteiger partial charge in [0.2, 0.25) is 0 Å². The summed E-state index contributed by atoms with van der Waals surface area (Å²) in [5, 5.41) is 0. The van der Waals surface area contributed by atoms with Crippen LogP contribution >= 0.6 is 0 Å². The number of hydrogen-bond donors (Lipinski definition) is 0. The van der Waals surface area contributed by atoms with Crippen LogP contribution in [0.3, 0.4) is 0 Å². The van der Waals surface area contributed by atoms with E-state index in [1.807, 2.05) is 0 Å². The molecule has 0 aliphatic rings. The van der Waals surface area contributed by atoms with Gasteiger partial charge in [0.05, 0.1) is 14.2 Å². The Morgan fingerprint density at radius 1 is 1.05 bits per heavy atom. The van der Waals surface area contributed by atoms with Gasteiger partial charge in [-0.3, -0.25) is 14.4 Å². The standard InChI is InChI=1S/C12H18O7/c1-7(13)12(3,11(16)18-5)6-9(10(15)17-4)19-8(2)14/h9H,6H2,1-5H3/t9-,12-/m0/s1. The van der Waals surface area contributed by atoms with Crippen molar-refractivity contribution in [2.75, 3.05) is 14.2 Å². The van der Waals surface area contributed by atoms with Crippen LogP contribution in [0.4, 0.5) is 0 Å². The Bertz CT molecular complexity index is 388. The highest BCUT2D eigenvalue weighted by Gasteiger charge is 2.44. The molecule has 0 N–H and O–H groups in total. The number of carbonyl (C=O) groups excluding carboxylic acids is 4. The first-order chi connectivity index (χ1) is 8.68. The van der Waals surface area contributed by atoms with E-state index < -0.39 is 35.2 Å². The van der Waals surface area contributed by atoms with E-state index in [1.165, 1.54) is 13.8 Å². The van der Waals surface area contributed by atoms with Gasteiger partial charge in [-0.05, 0) is 13.8 Å². The Balaban J connectivity index is 5.26. The number of ketones is 1. The summed E-state index contributed by atoms with van der Waals surface area (Å²) in [6.45, 7) is 3.62. The van der Waals surface area contributed by atoms with Gasteiger partial charge in [0.25, 0.3) is 0 Å². The highest BCUT2D eigenvalue weighted by atomic mass is 16.6. The Hall–Kier alpha value is -1.92. The maximum Gasteiger partial charge on any atom is 0.347 e. The fourth-order valence-electron chi connectivity index (χ4n) is 1.47. The normalized spacial score (nSPS) is 14.8. The zero-order chi connectivity index (χ0) is 15.2. The zero-order valence-corrected chi connectivity index (χ0v) is 11.6. The van der Waals surface area contributed by atoms with Crippen molar-refractivity contribution in [2.24, 2.45) is 5.41 Å². The molecule has 0 aliphatic carbocycles. The molecule has 7 heteroatoms. The molecule has 0 bridgehead atoms. The van der Waals surface area contributed by atoms with Crippen LogP contribution in [0.5, 0.6) is 0 Å². The lowest BCUT2D eigenvalue weighted by Gasteiger charge is -2.26. The van der Waals surface area contributed by atoms with E-state index in [1.54, 1.807) is 0 Å². The van der Waals surface area contributed by atoms with Crippen LogP contribution in [0.25, 0.3) is 0 Å². The van der Waals surface area contributed by atoms with Crippen LogP contribution in [0.1, 0.15) is 27.2 Å². The van der Waals surface area contributed by atoms with E-state index in [0.29, 0.717) is 0 Å². The maximum absolute atomic E-state index is 11.7. The SMILES string of the molecule is COC(=O)[C@H](C[C@@](C)(C(C)=O)C(=O)OC)OC(C)=O. The minimum Gasteiger partial charge on any atom is -0.468 e. The molecule has 2 atom stereocenters. The number of ether oxygens (including phenoxy) is 3. The highest BCUT2D eigenvalue weighted by molar-refractivity contribution is 6.02. The Labute approximate surface area is 111 Å². The first kappa shape index (κ1) is 17.1. The predicted octanol–water partition coefficient (Wildman–Crippen LogP) is 0.249. The average molecular weight is 274 g/mol. The average Bonchev–Trinajstić information content (AvgIpc) is 2.34. The molecule has 0 saturated carbocycles. The van der Waals surface area contributed by atoms with Crippen molar-refractivity contribution < 1.29 is 33.4 Å². The largest absolute Gasteiger partial charge is 0.468 e. The second kappa shape index (κ2) is 6.86. The van der Waals surface area contributed by atoms with Gasteiger partial charge in [-0.1, -0.05) is 0 Å². The fraction of sp³-hybridized carbons (Fsp3) is 0.667. The van der Waals surface area contributed by atoms with Gasteiger partial charge < -0.3 is 14.2 Å². The van der Waals surface area contributed by atoms with Gasteiger partial charge >= 0.3 is 17.9 Å². The molecule has 108 valence electrons. The van der Waals surface area contributed by atoms with Gasteiger partial charge in [-0.15, -0.1) is 0 Å². The quantitative estimate of drug-likeness (QED) is 0.389. The van der Waals surface area contributed by atoms with Crippen molar-refractivity contribution in [1.82, 2.24) is 0 Å². The molecular weight excluding hydrogens is 256 g/mol. The molecule has 0 aromatic heterocycles. The monoisotopic (exact) mass is 274 g/mol. The molecule has 19 heavy (non-hydrogen) atoms. The van der Waals surface area contributed by atoms with Gasteiger partial charge in [-0.25, -0.2) is 4.79 Å². The first-order valence-electron chi connectivity index (χ1n) is 5.53. The Morgan fingerprint density at radius 2 is 1.58 bits per heavy atom. The molecular formula is C12H18O7. The number of carbonyl (C=O) groups is 4. The summed E-state index contributed by atoms with van der Waals surface area (Å²) in [7, 11) is 2.24. The minimum atomic E-state index is -1.58. The summed E-state index contributed by atoms with van der Waals surface area (Å²) in [5.41, 5.74) is -1.58. The number of esters is 3. The van der Waals surface area contributed by atoms with Crippen molar-refractivity contribution >= 4 is 23.7 Å². The van der Waals surface area contributed by atoms with Crippen LogP contribution in [0.15, 0.2) is 0 Å². The molecule has 0 unspecified atom stereocenters. The topological polar surface area (TPSA) is 96.0 Å². The third-order valence-electron chi connectivity index (χ3n) is 2.78. The molecule has 0 spiro atoms.